The summed E-state index contributed by atoms with van der Waals surface area (Å²) in [4.78, 5) is 37.7. The summed E-state index contributed by atoms with van der Waals surface area (Å²) in [6.07, 6.45) is -3.33. The monoisotopic (exact) mass is 597 g/mol. The van der Waals surface area contributed by atoms with E-state index in [2.05, 4.69) is 11.9 Å². The van der Waals surface area contributed by atoms with Gasteiger partial charge in [0.1, 0.15) is 18.3 Å². The van der Waals surface area contributed by atoms with Crippen LogP contribution < -0.4 is 5.32 Å². The van der Waals surface area contributed by atoms with E-state index < -0.39 is 71.1 Å². The van der Waals surface area contributed by atoms with Gasteiger partial charge in [0.15, 0.2) is 6.10 Å². The Hall–Kier alpha value is -3.01. The van der Waals surface area contributed by atoms with E-state index in [0.29, 0.717) is 30.4 Å². The first kappa shape index (κ1) is 32.9. The second-order valence-corrected chi connectivity index (χ2v) is 13.3. The molecule has 236 valence electrons. The van der Waals surface area contributed by atoms with Gasteiger partial charge in [-0.15, -0.1) is 0 Å². The summed E-state index contributed by atoms with van der Waals surface area (Å²) in [6.45, 7) is 14.6. The van der Waals surface area contributed by atoms with Crippen LogP contribution in [0.2, 0.25) is 0 Å². The molecule has 0 spiro atoms. The Morgan fingerprint density at radius 1 is 1.02 bits per heavy atom. The fourth-order valence-corrected chi connectivity index (χ4v) is 8.04. The van der Waals surface area contributed by atoms with Crippen molar-refractivity contribution in [2.45, 2.75) is 104 Å². The van der Waals surface area contributed by atoms with Gasteiger partial charge in [-0.25, -0.2) is 0 Å². The van der Waals surface area contributed by atoms with Crippen LogP contribution in [0.5, 0.6) is 0 Å². The topological polar surface area (TPSA) is 131 Å². The third kappa shape index (κ3) is 6.17. The molecule has 0 radical (unpaired) electrons. The maximum Gasteiger partial charge on any atom is 0.308 e. The molecule has 0 amide bonds. The largest absolute Gasteiger partial charge is 0.458 e. The highest BCUT2D eigenvalue weighted by Gasteiger charge is 2.62. The SMILES string of the molecule is C=C1[C@@H](OC(=O)CC(NC)c2ccccc2)CC[C@@]2(C)[C@@H](O)[C@H](OC(C)=O)C3=C(C)[C@@H](OC(C)=O)CC([C@@H](O)[C@H]12)C3(C)C. The number of aliphatic hydroxyl groups excluding tert-OH is 2. The van der Waals surface area contributed by atoms with Gasteiger partial charge in [-0.3, -0.25) is 14.4 Å². The third-order valence-electron chi connectivity index (χ3n) is 10.3. The standard InChI is InChI=1S/C34H47NO8/c1-18-25(43-27(38)17-24(35-8)22-12-10-9-11-13-22)14-15-34(7)28(18)30(39)23-16-26(41-20(3)36)19(2)29(33(23,5)6)31(32(34)40)42-21(4)37/h9-13,23-26,28,30-32,35,39-40H,1,14-17H2,2-8H3/t23?,24?,25-,26-,28-,30+,31+,32-,34+/m0/s1. The molecule has 3 aliphatic rings. The second-order valence-electron chi connectivity index (χ2n) is 13.3. The molecular weight excluding hydrogens is 550 g/mol. The maximum absolute atomic E-state index is 13.2. The minimum absolute atomic E-state index is 0.110. The summed E-state index contributed by atoms with van der Waals surface area (Å²) in [5.74, 6) is -2.54. The van der Waals surface area contributed by atoms with Crippen molar-refractivity contribution in [3.05, 3.63) is 59.2 Å². The number of ether oxygens (including phenoxy) is 3. The van der Waals surface area contributed by atoms with Crippen LogP contribution in [0.4, 0.5) is 0 Å². The molecule has 0 aliphatic heterocycles. The van der Waals surface area contributed by atoms with E-state index in [1.165, 1.54) is 13.8 Å². The molecule has 1 aromatic carbocycles. The van der Waals surface area contributed by atoms with E-state index in [1.54, 1.807) is 7.05 Å². The number of hydrogen-bond donors (Lipinski definition) is 3. The average molecular weight is 598 g/mol. The Labute approximate surface area is 254 Å². The molecule has 43 heavy (non-hydrogen) atoms. The molecule has 9 heteroatoms. The fourth-order valence-electron chi connectivity index (χ4n) is 8.04. The van der Waals surface area contributed by atoms with Gasteiger partial charge < -0.3 is 29.7 Å². The zero-order valence-electron chi connectivity index (χ0n) is 26.4. The Kier molecular flexibility index (Phi) is 9.59. The van der Waals surface area contributed by atoms with Crippen molar-refractivity contribution in [3.8, 4) is 0 Å². The van der Waals surface area contributed by atoms with Crippen LogP contribution in [-0.4, -0.2) is 65.7 Å². The van der Waals surface area contributed by atoms with Crippen LogP contribution in [0, 0.1) is 22.7 Å². The lowest BCUT2D eigenvalue weighted by Crippen LogP contribution is -2.63. The van der Waals surface area contributed by atoms with Crippen LogP contribution in [0.3, 0.4) is 0 Å². The number of rotatable bonds is 7. The molecule has 2 bridgehead atoms. The Morgan fingerprint density at radius 2 is 1.65 bits per heavy atom. The van der Waals surface area contributed by atoms with Crippen molar-refractivity contribution in [1.82, 2.24) is 5.32 Å². The van der Waals surface area contributed by atoms with E-state index >= 15 is 0 Å². The van der Waals surface area contributed by atoms with Crippen molar-refractivity contribution in [3.63, 3.8) is 0 Å². The van der Waals surface area contributed by atoms with Crippen LogP contribution in [-0.2, 0) is 28.6 Å². The van der Waals surface area contributed by atoms with Gasteiger partial charge in [-0.1, -0.05) is 57.7 Å². The molecule has 0 heterocycles. The van der Waals surface area contributed by atoms with Gasteiger partial charge in [0, 0.05) is 31.2 Å². The van der Waals surface area contributed by atoms with Gasteiger partial charge in [-0.2, -0.15) is 0 Å². The predicted molar refractivity (Wildman–Crippen MR) is 160 cm³/mol. The maximum atomic E-state index is 13.2. The highest BCUT2D eigenvalue weighted by atomic mass is 16.6. The van der Waals surface area contributed by atoms with Crippen LogP contribution in [0.15, 0.2) is 53.6 Å². The van der Waals surface area contributed by atoms with Crippen LogP contribution in [0.25, 0.3) is 0 Å². The van der Waals surface area contributed by atoms with Gasteiger partial charge in [0.05, 0.1) is 12.5 Å². The van der Waals surface area contributed by atoms with E-state index in [-0.39, 0.29) is 12.5 Å². The first-order valence-corrected chi connectivity index (χ1v) is 15.2. The molecule has 0 aromatic heterocycles. The van der Waals surface area contributed by atoms with E-state index in [1.807, 2.05) is 58.0 Å². The Morgan fingerprint density at radius 3 is 2.23 bits per heavy atom. The van der Waals surface area contributed by atoms with Gasteiger partial charge in [0.2, 0.25) is 0 Å². The smallest absolute Gasteiger partial charge is 0.308 e. The Balaban J connectivity index is 1.70. The molecule has 2 unspecified atom stereocenters. The minimum atomic E-state index is -1.21. The summed E-state index contributed by atoms with van der Waals surface area (Å²) in [7, 11) is 1.79. The number of esters is 3. The van der Waals surface area contributed by atoms with Crippen LogP contribution in [0.1, 0.15) is 78.8 Å². The number of hydrogen-bond acceptors (Lipinski definition) is 9. The molecule has 0 saturated heterocycles. The number of carbonyl (C=O) groups excluding carboxylic acids is 3. The van der Waals surface area contributed by atoms with Gasteiger partial charge in [0.25, 0.3) is 0 Å². The molecule has 4 rings (SSSR count). The summed E-state index contributed by atoms with van der Waals surface area (Å²) in [5.41, 5.74) is 1.18. The highest BCUT2D eigenvalue weighted by Crippen LogP contribution is 2.59. The highest BCUT2D eigenvalue weighted by molar-refractivity contribution is 5.71. The number of aliphatic hydroxyl groups is 2. The third-order valence-corrected chi connectivity index (χ3v) is 10.3. The van der Waals surface area contributed by atoms with Crippen molar-refractivity contribution >= 4 is 17.9 Å². The van der Waals surface area contributed by atoms with Crippen molar-refractivity contribution in [2.24, 2.45) is 22.7 Å². The lowest BCUT2D eigenvalue weighted by atomic mass is 9.49. The zero-order chi connectivity index (χ0) is 31.9. The van der Waals surface area contributed by atoms with E-state index in [4.69, 9.17) is 14.2 Å². The van der Waals surface area contributed by atoms with Gasteiger partial charge >= 0.3 is 17.9 Å². The van der Waals surface area contributed by atoms with E-state index in [0.717, 1.165) is 11.1 Å². The summed E-state index contributed by atoms with van der Waals surface area (Å²) < 4.78 is 17.6. The van der Waals surface area contributed by atoms with Crippen molar-refractivity contribution in [1.29, 1.82) is 0 Å². The van der Waals surface area contributed by atoms with Crippen LogP contribution >= 0.6 is 0 Å². The quantitative estimate of drug-likeness (QED) is 0.241. The summed E-state index contributed by atoms with van der Waals surface area (Å²) in [5, 5.41) is 27.5. The normalized spacial score (nSPS) is 34.3. The number of carbonyl (C=O) groups is 3. The summed E-state index contributed by atoms with van der Waals surface area (Å²) in [6, 6.07) is 9.42. The fraction of sp³-hybridized carbons (Fsp3) is 0.618. The molecule has 9 nitrogen and oxygen atoms in total. The lowest BCUT2D eigenvalue weighted by molar-refractivity contribution is -0.183. The van der Waals surface area contributed by atoms with Gasteiger partial charge in [-0.05, 0) is 66.8 Å². The number of nitrogens with one attached hydrogen (secondary N) is 1. The van der Waals surface area contributed by atoms with E-state index in [9.17, 15) is 24.6 Å². The Bertz CT molecular complexity index is 1270. The second kappa shape index (κ2) is 12.5. The summed E-state index contributed by atoms with van der Waals surface area (Å²) >= 11 is 0. The molecule has 3 aliphatic carbocycles. The van der Waals surface area contributed by atoms with Crippen molar-refractivity contribution < 1.29 is 38.8 Å². The number of benzene rings is 1. The molecule has 1 aromatic rings. The lowest BCUT2D eigenvalue weighted by Gasteiger charge is -2.59. The average Bonchev–Trinajstić information content (AvgIpc) is 2.93. The number of fused-ring (bicyclic) bond motifs is 3. The molecule has 3 N–H and O–H groups in total. The molecule has 9 atom stereocenters. The molecule has 2 saturated carbocycles. The zero-order valence-corrected chi connectivity index (χ0v) is 26.4. The first-order chi connectivity index (χ1) is 20.1. The van der Waals surface area contributed by atoms with Crippen molar-refractivity contribution in [2.75, 3.05) is 7.05 Å². The predicted octanol–water partition coefficient (Wildman–Crippen LogP) is 4.18. The first-order valence-electron chi connectivity index (χ1n) is 15.2. The molecular formula is C34H47NO8. The molecule has 2 fully saturated rings. The minimum Gasteiger partial charge on any atom is -0.458 e.